The van der Waals surface area contributed by atoms with Gasteiger partial charge in [0.15, 0.2) is 0 Å². The second-order valence-electron chi connectivity index (χ2n) is 8.49. The van der Waals surface area contributed by atoms with Crippen LogP contribution in [0.1, 0.15) is 41.1 Å². The molecular weight excluding hydrogens is 481 g/mol. The average molecular weight is 504 g/mol. The second kappa shape index (κ2) is 9.84. The highest BCUT2D eigenvalue weighted by Crippen LogP contribution is 2.32. The van der Waals surface area contributed by atoms with Gasteiger partial charge in [-0.3, -0.25) is 14.4 Å². The van der Waals surface area contributed by atoms with Gasteiger partial charge in [-0.2, -0.15) is 13.2 Å². The maximum absolute atomic E-state index is 13.1. The number of imidazole rings is 1. The summed E-state index contributed by atoms with van der Waals surface area (Å²) in [6, 6.07) is 4.77. The number of alkyl halides is 3. The quantitative estimate of drug-likeness (QED) is 0.449. The Labute approximate surface area is 202 Å². The number of fused-ring (bicyclic) bond motifs is 1. The molecule has 0 spiro atoms. The number of carbonyl (C=O) groups excluding carboxylic acids is 2. The van der Waals surface area contributed by atoms with Gasteiger partial charge in [0.05, 0.1) is 23.5 Å². The molecule has 190 valence electrons. The van der Waals surface area contributed by atoms with Crippen LogP contribution in [0.15, 0.2) is 36.7 Å². The van der Waals surface area contributed by atoms with Crippen LogP contribution in [0.4, 0.5) is 24.5 Å². The van der Waals surface area contributed by atoms with E-state index in [4.69, 9.17) is 10.8 Å². The minimum Gasteiger partial charge on any atom is -0.481 e. The fraction of sp³-hybridized carbons (Fsp3) is 0.348. The number of carboxylic acid groups (broad SMARTS) is 1. The van der Waals surface area contributed by atoms with E-state index in [2.05, 4.69) is 15.3 Å². The highest BCUT2D eigenvalue weighted by Gasteiger charge is 2.33. The number of aliphatic carboxylic acids is 1. The number of carbonyl (C=O) groups is 3. The molecule has 2 amide bonds. The van der Waals surface area contributed by atoms with Crippen LogP contribution in [0.25, 0.3) is 5.65 Å². The van der Waals surface area contributed by atoms with Gasteiger partial charge in [0.1, 0.15) is 17.0 Å². The number of pyridine rings is 2. The third-order valence-corrected chi connectivity index (χ3v) is 5.97. The molecule has 4 heterocycles. The van der Waals surface area contributed by atoms with Crippen molar-refractivity contribution in [1.82, 2.24) is 14.4 Å². The summed E-state index contributed by atoms with van der Waals surface area (Å²) in [4.78, 5) is 45.2. The maximum atomic E-state index is 13.1. The lowest BCUT2D eigenvalue weighted by Gasteiger charge is -2.33. The van der Waals surface area contributed by atoms with Crippen molar-refractivity contribution in [3.8, 4) is 0 Å². The minimum absolute atomic E-state index is 0.109. The lowest BCUT2D eigenvalue weighted by atomic mass is 9.96. The summed E-state index contributed by atoms with van der Waals surface area (Å²) in [5, 5.41) is 11.6. The maximum Gasteiger partial charge on any atom is 0.433 e. The predicted molar refractivity (Wildman–Crippen MR) is 122 cm³/mol. The molecular formula is C23H23F3N6O4. The summed E-state index contributed by atoms with van der Waals surface area (Å²) < 4.78 is 40.8. The van der Waals surface area contributed by atoms with E-state index in [-0.39, 0.29) is 24.7 Å². The zero-order chi connectivity index (χ0) is 26.0. The molecule has 0 radical (unpaired) electrons. The van der Waals surface area contributed by atoms with Crippen molar-refractivity contribution >= 4 is 34.8 Å². The summed E-state index contributed by atoms with van der Waals surface area (Å²) >= 11 is 0. The van der Waals surface area contributed by atoms with Crippen molar-refractivity contribution in [2.45, 2.75) is 31.9 Å². The summed E-state index contributed by atoms with van der Waals surface area (Å²) in [5.74, 6) is -2.46. The van der Waals surface area contributed by atoms with Crippen molar-refractivity contribution < 1.29 is 32.7 Å². The van der Waals surface area contributed by atoms with Gasteiger partial charge in [-0.05, 0) is 25.0 Å². The number of halogens is 3. The zero-order valence-electron chi connectivity index (χ0n) is 19.0. The fourth-order valence-corrected chi connectivity index (χ4v) is 4.10. The number of aromatic nitrogens is 3. The lowest BCUT2D eigenvalue weighted by Crippen LogP contribution is -2.39. The molecule has 4 N–H and O–H groups in total. The van der Waals surface area contributed by atoms with Crippen molar-refractivity contribution in [3.05, 3.63) is 53.7 Å². The van der Waals surface area contributed by atoms with Gasteiger partial charge in [0, 0.05) is 43.9 Å². The molecule has 36 heavy (non-hydrogen) atoms. The highest BCUT2D eigenvalue weighted by molar-refractivity contribution is 6.04. The second-order valence-corrected chi connectivity index (χ2v) is 8.49. The molecule has 0 saturated carbocycles. The highest BCUT2D eigenvalue weighted by atomic mass is 19.4. The Morgan fingerprint density at radius 2 is 1.86 bits per heavy atom. The predicted octanol–water partition coefficient (Wildman–Crippen LogP) is 2.72. The minimum atomic E-state index is -4.70. The van der Waals surface area contributed by atoms with Crippen LogP contribution in [0.2, 0.25) is 0 Å². The first-order valence-corrected chi connectivity index (χ1v) is 11.1. The van der Waals surface area contributed by atoms with Gasteiger partial charge in [-0.1, -0.05) is 6.07 Å². The number of anilines is 2. The number of nitrogens with one attached hydrogen (secondary N) is 1. The molecule has 0 aliphatic carbocycles. The van der Waals surface area contributed by atoms with E-state index in [9.17, 15) is 27.6 Å². The molecule has 1 aliphatic heterocycles. The van der Waals surface area contributed by atoms with E-state index >= 15 is 0 Å². The van der Waals surface area contributed by atoms with Gasteiger partial charge in [-0.15, -0.1) is 0 Å². The third-order valence-electron chi connectivity index (χ3n) is 5.97. The van der Waals surface area contributed by atoms with Gasteiger partial charge in [0.25, 0.3) is 5.91 Å². The fourth-order valence-electron chi connectivity index (χ4n) is 4.10. The Balaban J connectivity index is 1.67. The number of nitrogens with two attached hydrogens (primary N) is 1. The zero-order valence-corrected chi connectivity index (χ0v) is 19.0. The smallest absolute Gasteiger partial charge is 0.433 e. The standard InChI is InChI=1S/C23H23F3N6O4/c24-23(25,26)18-3-1-2-15(29-18)22(36)30-16-12-32-11-14(4-5-20(33)34)28-19(32)10-17(16)31-8-6-13(7-9-31)21(27)35/h1-3,10-13H,4-9H2,(H2,27,35)(H,30,36)(H,33,34). The van der Waals surface area contributed by atoms with Crippen molar-refractivity contribution in [2.75, 3.05) is 23.3 Å². The molecule has 0 aromatic carbocycles. The van der Waals surface area contributed by atoms with Crippen molar-refractivity contribution in [1.29, 1.82) is 0 Å². The number of hydrogen-bond donors (Lipinski definition) is 3. The molecule has 0 unspecified atom stereocenters. The van der Waals surface area contributed by atoms with Crippen LogP contribution in [-0.4, -0.2) is 50.3 Å². The lowest BCUT2D eigenvalue weighted by molar-refractivity contribution is -0.141. The molecule has 1 aliphatic rings. The Kier molecular flexibility index (Phi) is 6.82. The first-order chi connectivity index (χ1) is 17.0. The van der Waals surface area contributed by atoms with Gasteiger partial charge in [-0.25, -0.2) is 9.97 Å². The number of carboxylic acids is 1. The molecule has 4 rings (SSSR count). The van der Waals surface area contributed by atoms with Crippen LogP contribution in [-0.2, 0) is 22.2 Å². The van der Waals surface area contributed by atoms with Gasteiger partial charge < -0.3 is 25.5 Å². The van der Waals surface area contributed by atoms with Crippen LogP contribution in [0.5, 0.6) is 0 Å². The molecule has 10 nitrogen and oxygen atoms in total. The number of hydrogen-bond acceptors (Lipinski definition) is 6. The molecule has 1 fully saturated rings. The average Bonchev–Trinajstić information content (AvgIpc) is 3.23. The number of primary amides is 1. The summed E-state index contributed by atoms with van der Waals surface area (Å²) in [5.41, 5.74) is 5.71. The number of nitrogens with zero attached hydrogens (tertiary/aromatic N) is 4. The molecule has 3 aromatic rings. The monoisotopic (exact) mass is 504 g/mol. The first kappa shape index (κ1) is 24.9. The Morgan fingerprint density at radius 3 is 2.50 bits per heavy atom. The molecule has 3 aromatic heterocycles. The molecule has 1 saturated heterocycles. The number of aryl methyl sites for hydroxylation is 1. The van der Waals surface area contributed by atoms with Crippen molar-refractivity contribution in [3.63, 3.8) is 0 Å². The summed E-state index contributed by atoms with van der Waals surface area (Å²) in [6.07, 6.45) is -0.418. The largest absolute Gasteiger partial charge is 0.481 e. The van der Waals surface area contributed by atoms with E-state index in [0.29, 0.717) is 48.6 Å². The summed E-state index contributed by atoms with van der Waals surface area (Å²) in [6.45, 7) is 0.919. The van der Waals surface area contributed by atoms with E-state index in [1.54, 1.807) is 22.9 Å². The Morgan fingerprint density at radius 1 is 1.14 bits per heavy atom. The number of rotatable bonds is 7. The van der Waals surface area contributed by atoms with Crippen LogP contribution < -0.4 is 16.0 Å². The third kappa shape index (κ3) is 5.56. The first-order valence-electron chi connectivity index (χ1n) is 11.1. The Hall–Kier alpha value is -4.16. The summed E-state index contributed by atoms with van der Waals surface area (Å²) in [7, 11) is 0. The van der Waals surface area contributed by atoms with E-state index in [1.807, 2.05) is 4.90 Å². The number of piperidine rings is 1. The van der Waals surface area contributed by atoms with Gasteiger partial charge in [0.2, 0.25) is 5.91 Å². The van der Waals surface area contributed by atoms with Crippen LogP contribution >= 0.6 is 0 Å². The molecule has 0 atom stereocenters. The van der Waals surface area contributed by atoms with E-state index in [1.165, 1.54) is 6.07 Å². The topological polar surface area (TPSA) is 143 Å². The Bertz CT molecular complexity index is 1310. The molecule has 0 bridgehead atoms. The molecule has 13 heteroatoms. The van der Waals surface area contributed by atoms with E-state index in [0.717, 1.165) is 12.1 Å². The van der Waals surface area contributed by atoms with Crippen LogP contribution in [0.3, 0.4) is 0 Å². The van der Waals surface area contributed by atoms with Crippen molar-refractivity contribution in [2.24, 2.45) is 11.7 Å². The van der Waals surface area contributed by atoms with Gasteiger partial charge >= 0.3 is 12.1 Å². The number of amides is 2. The normalized spacial score (nSPS) is 14.7. The SMILES string of the molecule is NC(=O)C1CCN(c2cc3nc(CCC(=O)O)cn3cc2NC(=O)c2cccc(C(F)(F)F)n2)CC1. The van der Waals surface area contributed by atoms with Crippen LogP contribution in [0, 0.1) is 5.92 Å². The van der Waals surface area contributed by atoms with E-state index < -0.39 is 29.4 Å².